The number of amides is 2. The summed E-state index contributed by atoms with van der Waals surface area (Å²) in [5, 5.41) is 2.52. The van der Waals surface area contributed by atoms with Crippen molar-refractivity contribution >= 4 is 27.7 Å². The van der Waals surface area contributed by atoms with E-state index in [0.29, 0.717) is 5.56 Å². The lowest BCUT2D eigenvalue weighted by Gasteiger charge is -2.11. The SMILES string of the molecule is Cc1cccc(C(=O)N[C@H](C)C(N)=O)c1Br. The lowest BCUT2D eigenvalue weighted by Crippen LogP contribution is -2.42. The zero-order valence-corrected chi connectivity index (χ0v) is 10.7. The molecule has 0 unspecified atom stereocenters. The van der Waals surface area contributed by atoms with Crippen LogP contribution in [-0.4, -0.2) is 17.9 Å². The van der Waals surface area contributed by atoms with Crippen molar-refractivity contribution in [1.82, 2.24) is 5.32 Å². The van der Waals surface area contributed by atoms with Gasteiger partial charge in [0.15, 0.2) is 0 Å². The normalized spacial score (nSPS) is 11.9. The average molecular weight is 285 g/mol. The second-order valence-corrected chi connectivity index (χ2v) is 4.33. The third kappa shape index (κ3) is 2.82. The largest absolute Gasteiger partial charge is 0.368 e. The molecule has 0 fully saturated rings. The highest BCUT2D eigenvalue weighted by Crippen LogP contribution is 2.20. The summed E-state index contributed by atoms with van der Waals surface area (Å²) in [7, 11) is 0. The molecular formula is C11H13BrN2O2. The van der Waals surface area contributed by atoms with Gasteiger partial charge < -0.3 is 11.1 Å². The van der Waals surface area contributed by atoms with Crippen LogP contribution in [-0.2, 0) is 4.79 Å². The van der Waals surface area contributed by atoms with E-state index in [4.69, 9.17) is 5.73 Å². The predicted octanol–water partition coefficient (Wildman–Crippen LogP) is 1.36. The van der Waals surface area contributed by atoms with Crippen LogP contribution in [0.3, 0.4) is 0 Å². The summed E-state index contributed by atoms with van der Waals surface area (Å²) in [4.78, 5) is 22.6. The molecule has 2 amide bonds. The molecule has 0 aromatic heterocycles. The standard InChI is InChI=1S/C11H13BrN2O2/c1-6-4-3-5-8(9(6)12)11(16)14-7(2)10(13)15/h3-5,7H,1-2H3,(H2,13,15)(H,14,16)/t7-/m1/s1. The Morgan fingerprint density at radius 2 is 2.06 bits per heavy atom. The fourth-order valence-corrected chi connectivity index (χ4v) is 1.61. The first-order valence-electron chi connectivity index (χ1n) is 4.78. The number of rotatable bonds is 3. The summed E-state index contributed by atoms with van der Waals surface area (Å²) in [6.07, 6.45) is 0. The summed E-state index contributed by atoms with van der Waals surface area (Å²) in [6, 6.07) is 4.67. The number of nitrogens with one attached hydrogen (secondary N) is 1. The molecule has 1 aromatic carbocycles. The summed E-state index contributed by atoms with van der Waals surface area (Å²) in [5.74, 6) is -0.876. The second kappa shape index (κ2) is 5.12. The van der Waals surface area contributed by atoms with Crippen LogP contribution >= 0.6 is 15.9 Å². The second-order valence-electron chi connectivity index (χ2n) is 3.53. The van der Waals surface area contributed by atoms with Gasteiger partial charge in [-0.3, -0.25) is 9.59 Å². The molecule has 0 aliphatic carbocycles. The van der Waals surface area contributed by atoms with Crippen LogP contribution in [0.4, 0.5) is 0 Å². The van der Waals surface area contributed by atoms with Gasteiger partial charge in [0, 0.05) is 4.47 Å². The van der Waals surface area contributed by atoms with E-state index >= 15 is 0 Å². The fourth-order valence-electron chi connectivity index (χ4n) is 1.17. The number of hydrogen-bond donors (Lipinski definition) is 2. The highest BCUT2D eigenvalue weighted by atomic mass is 79.9. The van der Waals surface area contributed by atoms with E-state index in [1.807, 2.05) is 13.0 Å². The minimum Gasteiger partial charge on any atom is -0.368 e. The molecule has 0 aliphatic rings. The van der Waals surface area contributed by atoms with Crippen LogP contribution in [0.15, 0.2) is 22.7 Å². The molecule has 1 aromatic rings. The van der Waals surface area contributed by atoms with Gasteiger partial charge in [-0.15, -0.1) is 0 Å². The van der Waals surface area contributed by atoms with Crippen molar-refractivity contribution < 1.29 is 9.59 Å². The number of nitrogens with two attached hydrogens (primary N) is 1. The van der Waals surface area contributed by atoms with Crippen LogP contribution in [0.25, 0.3) is 0 Å². The molecular weight excluding hydrogens is 272 g/mol. The van der Waals surface area contributed by atoms with Crippen LogP contribution in [0.5, 0.6) is 0 Å². The number of halogens is 1. The van der Waals surface area contributed by atoms with Crippen molar-refractivity contribution in [3.63, 3.8) is 0 Å². The van der Waals surface area contributed by atoms with Gasteiger partial charge in [0.25, 0.3) is 5.91 Å². The third-order valence-corrected chi connectivity index (χ3v) is 3.26. The van der Waals surface area contributed by atoms with Gasteiger partial charge >= 0.3 is 0 Å². The van der Waals surface area contributed by atoms with E-state index in [1.54, 1.807) is 19.1 Å². The minimum absolute atomic E-state index is 0.318. The van der Waals surface area contributed by atoms with E-state index in [1.165, 1.54) is 0 Å². The Morgan fingerprint density at radius 3 is 2.62 bits per heavy atom. The van der Waals surface area contributed by atoms with Crippen molar-refractivity contribution in [2.75, 3.05) is 0 Å². The first kappa shape index (κ1) is 12.7. The third-order valence-electron chi connectivity index (χ3n) is 2.21. The molecule has 0 radical (unpaired) electrons. The summed E-state index contributed by atoms with van der Waals surface area (Å²) < 4.78 is 0.726. The zero-order chi connectivity index (χ0) is 12.3. The molecule has 0 spiro atoms. The van der Waals surface area contributed by atoms with Gasteiger partial charge in [-0.05, 0) is 41.4 Å². The molecule has 16 heavy (non-hydrogen) atoms. The highest BCUT2D eigenvalue weighted by molar-refractivity contribution is 9.10. The van der Waals surface area contributed by atoms with Crippen molar-refractivity contribution in [2.45, 2.75) is 19.9 Å². The van der Waals surface area contributed by atoms with Crippen molar-refractivity contribution in [3.8, 4) is 0 Å². The lowest BCUT2D eigenvalue weighted by molar-refractivity contribution is -0.119. The topological polar surface area (TPSA) is 72.2 Å². The number of benzene rings is 1. The number of carbonyl (C=O) groups excluding carboxylic acids is 2. The number of hydrogen-bond acceptors (Lipinski definition) is 2. The number of primary amides is 1. The van der Waals surface area contributed by atoms with Crippen LogP contribution in [0, 0.1) is 6.92 Å². The molecule has 0 saturated heterocycles. The number of aryl methyl sites for hydroxylation is 1. The monoisotopic (exact) mass is 284 g/mol. The van der Waals surface area contributed by atoms with Gasteiger partial charge in [-0.2, -0.15) is 0 Å². The smallest absolute Gasteiger partial charge is 0.253 e. The Balaban J connectivity index is 2.89. The summed E-state index contributed by atoms with van der Waals surface area (Å²) in [6.45, 7) is 3.43. The maximum Gasteiger partial charge on any atom is 0.253 e. The Labute approximate surface area is 102 Å². The van der Waals surface area contributed by atoms with Gasteiger partial charge in [-0.1, -0.05) is 12.1 Å². The molecule has 1 atom stereocenters. The Kier molecular flexibility index (Phi) is 4.06. The maximum absolute atomic E-state index is 11.8. The van der Waals surface area contributed by atoms with Gasteiger partial charge in [0.05, 0.1) is 5.56 Å². The summed E-state index contributed by atoms with van der Waals surface area (Å²) in [5.41, 5.74) is 6.52. The quantitative estimate of drug-likeness (QED) is 0.880. The van der Waals surface area contributed by atoms with Crippen LogP contribution in [0.1, 0.15) is 22.8 Å². The van der Waals surface area contributed by atoms with E-state index < -0.39 is 11.9 Å². The molecule has 1 rings (SSSR count). The molecule has 0 aliphatic heterocycles. The van der Waals surface area contributed by atoms with E-state index in [9.17, 15) is 9.59 Å². The Morgan fingerprint density at radius 1 is 1.44 bits per heavy atom. The van der Waals surface area contributed by atoms with E-state index in [2.05, 4.69) is 21.2 Å². The van der Waals surface area contributed by atoms with Gasteiger partial charge in [-0.25, -0.2) is 0 Å². The highest BCUT2D eigenvalue weighted by Gasteiger charge is 2.16. The molecule has 3 N–H and O–H groups in total. The summed E-state index contributed by atoms with van der Waals surface area (Å²) >= 11 is 3.33. The molecule has 0 heterocycles. The van der Waals surface area contributed by atoms with Crippen LogP contribution in [0.2, 0.25) is 0 Å². The maximum atomic E-state index is 11.8. The molecule has 5 heteroatoms. The molecule has 86 valence electrons. The Bertz CT molecular complexity index is 432. The molecule has 4 nitrogen and oxygen atoms in total. The first-order valence-corrected chi connectivity index (χ1v) is 5.58. The van der Waals surface area contributed by atoms with E-state index in [0.717, 1.165) is 10.0 Å². The van der Waals surface area contributed by atoms with Gasteiger partial charge in [0.2, 0.25) is 5.91 Å². The number of carbonyl (C=O) groups is 2. The van der Waals surface area contributed by atoms with Crippen molar-refractivity contribution in [2.24, 2.45) is 5.73 Å². The van der Waals surface area contributed by atoms with Crippen LogP contribution < -0.4 is 11.1 Å². The average Bonchev–Trinajstić information content (AvgIpc) is 2.21. The van der Waals surface area contributed by atoms with Gasteiger partial charge in [0.1, 0.15) is 6.04 Å². The van der Waals surface area contributed by atoms with Crippen molar-refractivity contribution in [1.29, 1.82) is 0 Å². The fraction of sp³-hybridized carbons (Fsp3) is 0.273. The first-order chi connectivity index (χ1) is 7.43. The van der Waals surface area contributed by atoms with E-state index in [-0.39, 0.29) is 5.91 Å². The van der Waals surface area contributed by atoms with Crippen molar-refractivity contribution in [3.05, 3.63) is 33.8 Å². The minimum atomic E-state index is -0.681. The zero-order valence-electron chi connectivity index (χ0n) is 9.08. The molecule has 0 saturated carbocycles. The molecule has 0 bridgehead atoms. The Hall–Kier alpha value is -1.36. The lowest BCUT2D eigenvalue weighted by atomic mass is 10.1. The predicted molar refractivity (Wildman–Crippen MR) is 65.0 cm³/mol.